The van der Waals surface area contributed by atoms with E-state index in [2.05, 4.69) is 9.71 Å². The second kappa shape index (κ2) is 6.44. The van der Waals surface area contributed by atoms with Crippen molar-refractivity contribution < 1.29 is 12.8 Å². The molecule has 9 heteroatoms. The number of aromatic nitrogens is 1. The van der Waals surface area contributed by atoms with Crippen molar-refractivity contribution in [3.05, 3.63) is 50.4 Å². The Balaban J connectivity index is 1.98. The van der Waals surface area contributed by atoms with Crippen LogP contribution in [0.3, 0.4) is 0 Å². The number of nitrogens with zero attached hydrogens (tertiary/aromatic N) is 1. The van der Waals surface area contributed by atoms with E-state index in [1.54, 1.807) is 13.0 Å². The molecule has 2 aromatic heterocycles. The molecule has 0 aliphatic rings. The summed E-state index contributed by atoms with van der Waals surface area (Å²) in [5.74, 6) is -0.800. The van der Waals surface area contributed by atoms with Gasteiger partial charge in [0.05, 0.1) is 26.3 Å². The van der Waals surface area contributed by atoms with Gasteiger partial charge in [0.15, 0.2) is 5.82 Å². The van der Waals surface area contributed by atoms with Crippen molar-refractivity contribution in [2.75, 3.05) is 4.72 Å². The second-order valence-corrected chi connectivity index (χ2v) is 9.37. The van der Waals surface area contributed by atoms with Crippen molar-refractivity contribution in [1.82, 2.24) is 4.98 Å². The predicted molar refractivity (Wildman–Crippen MR) is 97.1 cm³/mol. The van der Waals surface area contributed by atoms with Crippen LogP contribution in [0, 0.1) is 19.7 Å². The molecule has 126 valence electrons. The monoisotopic (exact) mass is 402 g/mol. The van der Waals surface area contributed by atoms with Crippen LogP contribution in [0.1, 0.15) is 9.88 Å². The van der Waals surface area contributed by atoms with Gasteiger partial charge in [-0.2, -0.15) is 0 Å². The Morgan fingerprint density at radius 2 is 2.04 bits per heavy atom. The molecule has 0 amide bonds. The normalized spacial score (nSPS) is 11.7. The number of sulfonamides is 1. The molecule has 2 heterocycles. The minimum atomic E-state index is -3.93. The lowest BCUT2D eigenvalue weighted by atomic mass is 10.3. The highest BCUT2D eigenvalue weighted by Crippen LogP contribution is 2.35. The van der Waals surface area contributed by atoms with Gasteiger partial charge in [-0.25, -0.2) is 17.8 Å². The number of thiophene rings is 1. The fourth-order valence-corrected chi connectivity index (χ4v) is 5.59. The van der Waals surface area contributed by atoms with Gasteiger partial charge in [0.1, 0.15) is 4.90 Å². The molecule has 0 bridgehead atoms. The van der Waals surface area contributed by atoms with Crippen molar-refractivity contribution >= 4 is 50.0 Å². The van der Waals surface area contributed by atoms with Crippen molar-refractivity contribution in [2.24, 2.45) is 0 Å². The van der Waals surface area contributed by atoms with Crippen LogP contribution in [0.5, 0.6) is 0 Å². The van der Waals surface area contributed by atoms with E-state index in [0.717, 1.165) is 15.6 Å². The van der Waals surface area contributed by atoms with Crippen LogP contribution >= 0.6 is 34.3 Å². The molecule has 4 nitrogen and oxygen atoms in total. The standard InChI is InChI=1S/C15H12ClFN2O2S3/c1-8-14(6-13(23-8)12-7-22-9(2)18-12)24(20,21)19-11-5-3-4-10(16)15(11)17/h3-7,19H,1-2H3. The van der Waals surface area contributed by atoms with Crippen LogP contribution in [0.4, 0.5) is 10.1 Å². The molecule has 3 rings (SSSR count). The highest BCUT2D eigenvalue weighted by molar-refractivity contribution is 7.93. The number of thiazole rings is 1. The number of benzene rings is 1. The minimum Gasteiger partial charge on any atom is -0.277 e. The van der Waals surface area contributed by atoms with E-state index in [4.69, 9.17) is 11.6 Å². The van der Waals surface area contributed by atoms with Gasteiger partial charge in [-0.1, -0.05) is 17.7 Å². The van der Waals surface area contributed by atoms with Crippen LogP contribution in [-0.4, -0.2) is 13.4 Å². The number of aryl methyl sites for hydroxylation is 2. The Hall–Kier alpha value is -1.48. The number of anilines is 1. The molecule has 0 saturated carbocycles. The van der Waals surface area contributed by atoms with Gasteiger partial charge in [0.2, 0.25) is 0 Å². The van der Waals surface area contributed by atoms with Crippen molar-refractivity contribution in [3.8, 4) is 10.6 Å². The number of rotatable bonds is 4. The Labute approximate surface area is 152 Å². The summed E-state index contributed by atoms with van der Waals surface area (Å²) in [5, 5.41) is 2.64. The summed E-state index contributed by atoms with van der Waals surface area (Å²) in [6.45, 7) is 3.59. The van der Waals surface area contributed by atoms with Crippen molar-refractivity contribution in [1.29, 1.82) is 0 Å². The summed E-state index contributed by atoms with van der Waals surface area (Å²) in [6.07, 6.45) is 0. The third-order valence-corrected chi connectivity index (χ3v) is 6.99. The third-order valence-electron chi connectivity index (χ3n) is 3.23. The molecule has 1 aromatic carbocycles. The van der Waals surface area contributed by atoms with Crippen LogP contribution in [-0.2, 0) is 10.0 Å². The zero-order valence-corrected chi connectivity index (χ0v) is 15.8. The predicted octanol–water partition coefficient (Wildman–Crippen LogP) is 5.08. The van der Waals surface area contributed by atoms with E-state index in [0.29, 0.717) is 4.88 Å². The Morgan fingerprint density at radius 1 is 1.29 bits per heavy atom. The maximum Gasteiger partial charge on any atom is 0.263 e. The van der Waals surface area contributed by atoms with Gasteiger partial charge in [-0.15, -0.1) is 22.7 Å². The molecule has 0 aliphatic carbocycles. The van der Waals surface area contributed by atoms with E-state index in [-0.39, 0.29) is 15.6 Å². The number of hydrogen-bond acceptors (Lipinski definition) is 5. The lowest BCUT2D eigenvalue weighted by Gasteiger charge is -2.09. The first-order chi connectivity index (χ1) is 11.3. The van der Waals surface area contributed by atoms with Crippen LogP contribution in [0.15, 0.2) is 34.5 Å². The molecule has 0 radical (unpaired) electrons. The topological polar surface area (TPSA) is 59.1 Å². The Kier molecular flexibility index (Phi) is 4.65. The van der Waals surface area contributed by atoms with Gasteiger partial charge in [0.25, 0.3) is 10.0 Å². The van der Waals surface area contributed by atoms with E-state index in [1.165, 1.54) is 40.9 Å². The average molecular weight is 403 g/mol. The third kappa shape index (κ3) is 3.32. The number of halogens is 2. The minimum absolute atomic E-state index is 0.104. The number of hydrogen-bond donors (Lipinski definition) is 1. The largest absolute Gasteiger partial charge is 0.277 e. The van der Waals surface area contributed by atoms with Crippen LogP contribution in [0.2, 0.25) is 5.02 Å². The van der Waals surface area contributed by atoms with Gasteiger partial charge in [-0.3, -0.25) is 4.72 Å². The van der Waals surface area contributed by atoms with Crippen molar-refractivity contribution in [3.63, 3.8) is 0 Å². The quantitative estimate of drug-likeness (QED) is 0.661. The van der Waals surface area contributed by atoms with Gasteiger partial charge < -0.3 is 0 Å². The van der Waals surface area contributed by atoms with E-state index in [1.807, 2.05) is 12.3 Å². The fraction of sp³-hybridized carbons (Fsp3) is 0.133. The fourth-order valence-electron chi connectivity index (χ4n) is 2.12. The summed E-state index contributed by atoms with van der Waals surface area (Å²) in [5.41, 5.74) is 0.556. The smallest absolute Gasteiger partial charge is 0.263 e. The average Bonchev–Trinajstić information content (AvgIpc) is 3.10. The molecular formula is C15H12ClFN2O2S3. The van der Waals surface area contributed by atoms with Crippen LogP contribution < -0.4 is 4.72 Å². The molecular weight excluding hydrogens is 391 g/mol. The molecule has 0 saturated heterocycles. The molecule has 0 fully saturated rings. The molecule has 0 unspecified atom stereocenters. The molecule has 0 aliphatic heterocycles. The van der Waals surface area contributed by atoms with Crippen molar-refractivity contribution in [2.45, 2.75) is 18.7 Å². The SMILES string of the molecule is Cc1nc(-c2cc(S(=O)(=O)Nc3cccc(Cl)c3F)c(C)s2)cs1. The first-order valence-electron chi connectivity index (χ1n) is 6.77. The number of nitrogens with one attached hydrogen (secondary N) is 1. The van der Waals surface area contributed by atoms with E-state index in [9.17, 15) is 12.8 Å². The molecule has 0 atom stereocenters. The highest BCUT2D eigenvalue weighted by atomic mass is 35.5. The molecule has 1 N–H and O–H groups in total. The molecule has 0 spiro atoms. The van der Waals surface area contributed by atoms with Gasteiger partial charge in [0, 0.05) is 10.3 Å². The van der Waals surface area contributed by atoms with Crippen LogP contribution in [0.25, 0.3) is 10.6 Å². The summed E-state index contributed by atoms with van der Waals surface area (Å²) in [7, 11) is -3.93. The second-order valence-electron chi connectivity index (χ2n) is 4.99. The van der Waals surface area contributed by atoms with Gasteiger partial charge in [-0.05, 0) is 32.0 Å². The first kappa shape index (κ1) is 17.3. The summed E-state index contributed by atoms with van der Waals surface area (Å²) >= 11 is 8.52. The Morgan fingerprint density at radius 3 is 2.71 bits per heavy atom. The highest BCUT2D eigenvalue weighted by Gasteiger charge is 2.23. The zero-order chi connectivity index (χ0) is 17.5. The maximum atomic E-state index is 14.0. The zero-order valence-electron chi connectivity index (χ0n) is 12.6. The summed E-state index contributed by atoms with van der Waals surface area (Å²) in [6, 6.07) is 5.71. The summed E-state index contributed by atoms with van der Waals surface area (Å²) in [4.78, 5) is 5.82. The maximum absolute atomic E-state index is 14.0. The summed E-state index contributed by atoms with van der Waals surface area (Å²) < 4.78 is 41.4. The molecule has 3 aromatic rings. The molecule has 24 heavy (non-hydrogen) atoms. The lowest BCUT2D eigenvalue weighted by molar-refractivity contribution is 0.598. The van der Waals surface area contributed by atoms with Gasteiger partial charge >= 0.3 is 0 Å². The Bertz CT molecular complexity index is 1010. The van der Waals surface area contributed by atoms with E-state index >= 15 is 0 Å². The lowest BCUT2D eigenvalue weighted by Crippen LogP contribution is -2.14. The van der Waals surface area contributed by atoms with E-state index < -0.39 is 15.8 Å². The first-order valence-corrected chi connectivity index (χ1v) is 10.3.